The molecule has 0 bridgehead atoms. The van der Waals surface area contributed by atoms with Gasteiger partial charge in [0, 0.05) is 26.2 Å². The van der Waals surface area contributed by atoms with Gasteiger partial charge in [0.15, 0.2) is 0 Å². The van der Waals surface area contributed by atoms with E-state index in [0.29, 0.717) is 32.5 Å². The Morgan fingerprint density at radius 2 is 2.00 bits per heavy atom. The lowest BCUT2D eigenvalue weighted by atomic mass is 9.99. The fraction of sp³-hybridized carbons (Fsp3) is 0.562. The number of sulfonamides is 1. The number of benzene rings is 1. The van der Waals surface area contributed by atoms with E-state index < -0.39 is 15.8 Å². The molecule has 2 N–H and O–H groups in total. The molecule has 1 fully saturated rings. The molecule has 8 heteroatoms. The van der Waals surface area contributed by atoms with Crippen LogP contribution in [0.1, 0.15) is 19.8 Å². The molecule has 1 saturated heterocycles. The van der Waals surface area contributed by atoms with Gasteiger partial charge in [0.05, 0.1) is 10.8 Å². The summed E-state index contributed by atoms with van der Waals surface area (Å²) in [6, 6.07) is 4.76. The van der Waals surface area contributed by atoms with Crippen molar-refractivity contribution in [3.05, 3.63) is 30.1 Å². The summed E-state index contributed by atoms with van der Waals surface area (Å²) in [5, 5.41) is 5.95. The average molecular weight is 357 g/mol. The number of hydrogen-bond donors (Lipinski definition) is 2. The van der Waals surface area contributed by atoms with E-state index in [1.165, 1.54) is 16.4 Å². The highest BCUT2D eigenvalue weighted by molar-refractivity contribution is 7.89. The van der Waals surface area contributed by atoms with Crippen molar-refractivity contribution in [2.75, 3.05) is 32.7 Å². The zero-order valence-electron chi connectivity index (χ0n) is 13.8. The molecule has 1 amide bonds. The Labute approximate surface area is 142 Å². The SMILES string of the molecule is CCNCCNC(=O)C1CCCN(S(=O)(=O)c2ccc(F)cc2)C1. The first-order valence-electron chi connectivity index (χ1n) is 8.19. The minimum absolute atomic E-state index is 0.0529. The number of piperidine rings is 1. The molecule has 1 atom stereocenters. The predicted molar refractivity (Wildman–Crippen MR) is 89.4 cm³/mol. The fourth-order valence-corrected chi connectivity index (χ4v) is 4.25. The first-order chi connectivity index (χ1) is 11.4. The van der Waals surface area contributed by atoms with Crippen LogP contribution in [-0.2, 0) is 14.8 Å². The molecule has 0 saturated carbocycles. The number of halogens is 1. The van der Waals surface area contributed by atoms with Crippen LogP contribution >= 0.6 is 0 Å². The van der Waals surface area contributed by atoms with Crippen LogP contribution in [0.4, 0.5) is 4.39 Å². The number of nitrogens with one attached hydrogen (secondary N) is 2. The van der Waals surface area contributed by atoms with Crippen molar-refractivity contribution in [3.63, 3.8) is 0 Å². The Balaban J connectivity index is 1.99. The monoisotopic (exact) mass is 357 g/mol. The number of carbonyl (C=O) groups is 1. The van der Waals surface area contributed by atoms with Gasteiger partial charge in [-0.1, -0.05) is 6.92 Å². The Kier molecular flexibility index (Phi) is 6.70. The molecule has 1 aromatic carbocycles. The van der Waals surface area contributed by atoms with Gasteiger partial charge in [0.2, 0.25) is 15.9 Å². The van der Waals surface area contributed by atoms with Crippen molar-refractivity contribution in [3.8, 4) is 0 Å². The largest absolute Gasteiger partial charge is 0.355 e. The zero-order chi connectivity index (χ0) is 17.6. The van der Waals surface area contributed by atoms with E-state index in [0.717, 1.165) is 18.7 Å². The van der Waals surface area contributed by atoms with Crippen molar-refractivity contribution >= 4 is 15.9 Å². The van der Waals surface area contributed by atoms with Crippen molar-refractivity contribution in [2.24, 2.45) is 5.92 Å². The molecule has 1 aromatic rings. The van der Waals surface area contributed by atoms with E-state index >= 15 is 0 Å². The Hall–Kier alpha value is -1.51. The average Bonchev–Trinajstić information content (AvgIpc) is 2.59. The Bertz CT molecular complexity index is 649. The number of likely N-dealkylation sites (N-methyl/N-ethyl adjacent to an activating group) is 1. The highest BCUT2D eigenvalue weighted by Crippen LogP contribution is 2.24. The van der Waals surface area contributed by atoms with E-state index in [4.69, 9.17) is 0 Å². The first-order valence-corrected chi connectivity index (χ1v) is 9.63. The number of carbonyl (C=O) groups excluding carboxylic acids is 1. The molecular weight excluding hydrogens is 333 g/mol. The molecule has 6 nitrogen and oxygen atoms in total. The molecule has 1 unspecified atom stereocenters. The second-order valence-electron chi connectivity index (χ2n) is 5.80. The van der Waals surface area contributed by atoms with E-state index in [2.05, 4.69) is 10.6 Å². The van der Waals surface area contributed by atoms with Gasteiger partial charge < -0.3 is 10.6 Å². The topological polar surface area (TPSA) is 78.5 Å². The molecule has 1 aliphatic heterocycles. The van der Waals surface area contributed by atoms with Gasteiger partial charge in [0.1, 0.15) is 5.82 Å². The predicted octanol–water partition coefficient (Wildman–Crippen LogP) is 0.952. The van der Waals surface area contributed by atoms with Crippen molar-refractivity contribution in [1.82, 2.24) is 14.9 Å². The molecule has 0 aromatic heterocycles. The minimum atomic E-state index is -3.70. The van der Waals surface area contributed by atoms with Crippen LogP contribution in [0.2, 0.25) is 0 Å². The quantitative estimate of drug-likeness (QED) is 0.713. The van der Waals surface area contributed by atoms with Crippen LogP contribution in [0.5, 0.6) is 0 Å². The molecule has 0 spiro atoms. The number of hydrogen-bond acceptors (Lipinski definition) is 4. The highest BCUT2D eigenvalue weighted by Gasteiger charge is 2.33. The second-order valence-corrected chi connectivity index (χ2v) is 7.74. The van der Waals surface area contributed by atoms with Crippen molar-refractivity contribution < 1.29 is 17.6 Å². The normalized spacial score (nSPS) is 19.2. The van der Waals surface area contributed by atoms with Gasteiger partial charge in [-0.05, 0) is 43.7 Å². The minimum Gasteiger partial charge on any atom is -0.355 e. The summed E-state index contributed by atoms with van der Waals surface area (Å²) in [5.41, 5.74) is 0. The maximum atomic E-state index is 13.0. The lowest BCUT2D eigenvalue weighted by molar-refractivity contribution is -0.126. The second kappa shape index (κ2) is 8.55. The lowest BCUT2D eigenvalue weighted by Gasteiger charge is -2.31. The Morgan fingerprint density at radius 3 is 2.67 bits per heavy atom. The Morgan fingerprint density at radius 1 is 1.29 bits per heavy atom. The van der Waals surface area contributed by atoms with Crippen LogP contribution in [0.25, 0.3) is 0 Å². The van der Waals surface area contributed by atoms with Gasteiger partial charge in [-0.3, -0.25) is 4.79 Å². The summed E-state index contributed by atoms with van der Waals surface area (Å²) < 4.78 is 39.6. The molecule has 134 valence electrons. The van der Waals surface area contributed by atoms with Gasteiger partial charge in [-0.25, -0.2) is 12.8 Å². The summed E-state index contributed by atoms with van der Waals surface area (Å²) in [5.74, 6) is -0.951. The summed E-state index contributed by atoms with van der Waals surface area (Å²) in [6.07, 6.45) is 1.30. The smallest absolute Gasteiger partial charge is 0.243 e. The first kappa shape index (κ1) is 18.8. The molecule has 2 rings (SSSR count). The van der Waals surface area contributed by atoms with Gasteiger partial charge in [0.25, 0.3) is 0 Å². The molecule has 24 heavy (non-hydrogen) atoms. The van der Waals surface area contributed by atoms with E-state index in [9.17, 15) is 17.6 Å². The maximum Gasteiger partial charge on any atom is 0.243 e. The number of amides is 1. The zero-order valence-corrected chi connectivity index (χ0v) is 14.6. The van der Waals surface area contributed by atoms with E-state index in [-0.39, 0.29) is 23.3 Å². The number of rotatable bonds is 7. The summed E-state index contributed by atoms with van der Waals surface area (Å²) in [6.45, 7) is 4.57. The van der Waals surface area contributed by atoms with E-state index in [1.807, 2.05) is 6.92 Å². The third-order valence-electron chi connectivity index (χ3n) is 4.06. The third kappa shape index (κ3) is 4.75. The molecule has 1 aliphatic rings. The lowest BCUT2D eigenvalue weighted by Crippen LogP contribution is -2.46. The summed E-state index contributed by atoms with van der Waals surface area (Å²) in [4.78, 5) is 12.3. The molecular formula is C16H24FN3O3S. The van der Waals surface area contributed by atoms with Gasteiger partial charge in [-0.15, -0.1) is 0 Å². The fourth-order valence-electron chi connectivity index (χ4n) is 2.73. The number of nitrogens with zero attached hydrogens (tertiary/aromatic N) is 1. The molecule has 0 aliphatic carbocycles. The summed E-state index contributed by atoms with van der Waals surface area (Å²) >= 11 is 0. The van der Waals surface area contributed by atoms with E-state index in [1.54, 1.807) is 0 Å². The van der Waals surface area contributed by atoms with Gasteiger partial charge in [-0.2, -0.15) is 4.31 Å². The van der Waals surface area contributed by atoms with Crippen LogP contribution < -0.4 is 10.6 Å². The van der Waals surface area contributed by atoms with Crippen LogP contribution in [-0.4, -0.2) is 51.4 Å². The standard InChI is InChI=1S/C16H24FN3O3S/c1-2-18-9-10-19-16(21)13-4-3-11-20(12-13)24(22,23)15-7-5-14(17)6-8-15/h5-8,13,18H,2-4,9-12H2,1H3,(H,19,21). The highest BCUT2D eigenvalue weighted by atomic mass is 32.2. The molecule has 0 radical (unpaired) electrons. The van der Waals surface area contributed by atoms with Crippen LogP contribution in [0.15, 0.2) is 29.2 Å². The van der Waals surface area contributed by atoms with Crippen molar-refractivity contribution in [2.45, 2.75) is 24.7 Å². The van der Waals surface area contributed by atoms with Crippen molar-refractivity contribution in [1.29, 1.82) is 0 Å². The maximum absolute atomic E-state index is 13.0. The van der Waals surface area contributed by atoms with Gasteiger partial charge >= 0.3 is 0 Å². The third-order valence-corrected chi connectivity index (χ3v) is 5.94. The molecule has 1 heterocycles. The summed E-state index contributed by atoms with van der Waals surface area (Å²) in [7, 11) is -3.70. The van der Waals surface area contributed by atoms with Crippen LogP contribution in [0.3, 0.4) is 0 Å². The van der Waals surface area contributed by atoms with Crippen LogP contribution in [0, 0.1) is 11.7 Å².